The summed E-state index contributed by atoms with van der Waals surface area (Å²) >= 11 is 6.42. The van der Waals surface area contributed by atoms with Crippen molar-refractivity contribution >= 4 is 22.5 Å². The number of halogens is 1. The Bertz CT molecular complexity index is 1800. The van der Waals surface area contributed by atoms with Gasteiger partial charge in [-0.2, -0.15) is 0 Å². The van der Waals surface area contributed by atoms with Crippen molar-refractivity contribution < 1.29 is 0 Å². The van der Waals surface area contributed by atoms with Gasteiger partial charge in [0.25, 0.3) is 0 Å². The average Bonchev–Trinajstić information content (AvgIpc) is 3.40. The van der Waals surface area contributed by atoms with Crippen LogP contribution in [0.15, 0.2) is 121 Å². The van der Waals surface area contributed by atoms with Crippen molar-refractivity contribution in [2.75, 3.05) is 0 Å². The zero-order valence-electron chi connectivity index (χ0n) is 19.4. The van der Waals surface area contributed by atoms with Crippen LogP contribution in [0.2, 0.25) is 5.02 Å². The number of hydrogen-bond donors (Lipinski definition) is 0. The third-order valence-electron chi connectivity index (χ3n) is 7.97. The predicted octanol–water partition coefficient (Wildman–Crippen LogP) is 8.90. The van der Waals surface area contributed by atoms with Gasteiger partial charge in [-0.25, -0.2) is 4.98 Å². The van der Waals surface area contributed by atoms with Crippen molar-refractivity contribution in [3.8, 4) is 33.5 Å². The van der Waals surface area contributed by atoms with Gasteiger partial charge in [0.2, 0.25) is 0 Å². The first-order valence-corrected chi connectivity index (χ1v) is 12.6. The Balaban J connectivity index is 1.45. The van der Waals surface area contributed by atoms with Crippen molar-refractivity contribution in [1.29, 1.82) is 0 Å². The highest BCUT2D eigenvalue weighted by atomic mass is 35.5. The summed E-state index contributed by atoms with van der Waals surface area (Å²) < 4.78 is 0. The summed E-state index contributed by atoms with van der Waals surface area (Å²) in [6, 6.07) is 43.6. The lowest BCUT2D eigenvalue weighted by atomic mass is 9.70. The van der Waals surface area contributed by atoms with Crippen LogP contribution < -0.4 is 0 Å². The molecule has 0 bridgehead atoms. The molecule has 6 aromatic rings. The Labute approximate surface area is 214 Å². The molecule has 1 nitrogen and oxygen atoms in total. The fourth-order valence-electron chi connectivity index (χ4n) is 6.53. The highest BCUT2D eigenvalue weighted by molar-refractivity contribution is 6.35. The molecule has 36 heavy (non-hydrogen) atoms. The Hall–Kier alpha value is -4.20. The van der Waals surface area contributed by atoms with Gasteiger partial charge in [-0.05, 0) is 74.8 Å². The summed E-state index contributed by atoms with van der Waals surface area (Å²) in [5.41, 5.74) is 13.3. The zero-order valence-corrected chi connectivity index (χ0v) is 20.1. The lowest BCUT2D eigenvalue weighted by molar-refractivity contribution is 0.794. The van der Waals surface area contributed by atoms with Crippen LogP contribution in [-0.2, 0) is 5.41 Å². The maximum absolute atomic E-state index is 6.42. The number of nitrogens with zero attached hydrogens (tertiary/aromatic N) is 1. The molecule has 2 aliphatic rings. The van der Waals surface area contributed by atoms with E-state index in [1.54, 1.807) is 0 Å². The first kappa shape index (κ1) is 20.0. The van der Waals surface area contributed by atoms with Crippen LogP contribution in [0, 0.1) is 0 Å². The number of benzene rings is 5. The summed E-state index contributed by atoms with van der Waals surface area (Å²) in [6.07, 6.45) is 0. The van der Waals surface area contributed by atoms with Crippen molar-refractivity contribution in [2.45, 2.75) is 5.41 Å². The lowest BCUT2D eigenvalue weighted by Gasteiger charge is -2.30. The quantitative estimate of drug-likeness (QED) is 0.230. The van der Waals surface area contributed by atoms with Gasteiger partial charge in [-0.1, -0.05) is 103 Å². The molecule has 0 N–H and O–H groups in total. The largest absolute Gasteiger partial charge is 0.248 e. The third-order valence-corrected chi connectivity index (χ3v) is 8.30. The zero-order chi connectivity index (χ0) is 23.9. The molecule has 2 aliphatic carbocycles. The van der Waals surface area contributed by atoms with E-state index in [-0.39, 0.29) is 5.41 Å². The van der Waals surface area contributed by atoms with Crippen molar-refractivity contribution in [3.05, 3.63) is 149 Å². The van der Waals surface area contributed by atoms with Crippen LogP contribution in [0.25, 0.3) is 44.4 Å². The third kappa shape index (κ3) is 2.43. The minimum atomic E-state index is -0.338. The van der Waals surface area contributed by atoms with Gasteiger partial charge in [0.1, 0.15) is 0 Å². The number of fused-ring (bicyclic) bond motifs is 11. The van der Waals surface area contributed by atoms with Crippen LogP contribution >= 0.6 is 11.6 Å². The number of hydrogen-bond acceptors (Lipinski definition) is 1. The summed E-state index contributed by atoms with van der Waals surface area (Å²) in [5, 5.41) is 1.71. The Morgan fingerprint density at radius 3 is 1.72 bits per heavy atom. The minimum absolute atomic E-state index is 0.338. The normalized spacial score (nSPS) is 13.9. The molecule has 1 heterocycles. The van der Waals surface area contributed by atoms with Gasteiger partial charge in [0, 0.05) is 16.0 Å². The topological polar surface area (TPSA) is 12.9 Å². The molecule has 0 unspecified atom stereocenters. The molecule has 0 saturated carbocycles. The molecule has 0 atom stereocenters. The van der Waals surface area contributed by atoms with Crippen LogP contribution in [-0.4, -0.2) is 4.98 Å². The molecule has 0 aliphatic heterocycles. The summed E-state index contributed by atoms with van der Waals surface area (Å²) in [4.78, 5) is 5.00. The predicted molar refractivity (Wildman–Crippen MR) is 148 cm³/mol. The Kier molecular flexibility index (Phi) is 3.99. The Morgan fingerprint density at radius 1 is 0.500 bits per heavy atom. The first-order chi connectivity index (χ1) is 17.8. The van der Waals surface area contributed by atoms with Gasteiger partial charge < -0.3 is 0 Å². The van der Waals surface area contributed by atoms with Crippen LogP contribution in [0.1, 0.15) is 22.3 Å². The van der Waals surface area contributed by atoms with Gasteiger partial charge in [0.05, 0.1) is 16.6 Å². The van der Waals surface area contributed by atoms with E-state index in [4.69, 9.17) is 16.6 Å². The molecule has 0 radical (unpaired) electrons. The summed E-state index contributed by atoms with van der Waals surface area (Å²) in [7, 11) is 0. The smallest absolute Gasteiger partial charge is 0.0725 e. The van der Waals surface area contributed by atoms with E-state index in [1.165, 1.54) is 44.5 Å². The molecular weight excluding hydrogens is 458 g/mol. The average molecular weight is 478 g/mol. The SMILES string of the molecule is Clc1cccc2nc(-c3ccc4c(c3)C3(c5ccccc5-c5ccccc53)c3ccccc3-4)ccc12. The highest BCUT2D eigenvalue weighted by Gasteiger charge is 2.51. The van der Waals surface area contributed by atoms with E-state index >= 15 is 0 Å². The second kappa shape index (κ2) is 7.16. The minimum Gasteiger partial charge on any atom is -0.248 e. The Morgan fingerprint density at radius 2 is 1.08 bits per heavy atom. The number of aromatic nitrogens is 1. The van der Waals surface area contributed by atoms with E-state index in [1.807, 2.05) is 18.2 Å². The van der Waals surface area contributed by atoms with Crippen LogP contribution in [0.4, 0.5) is 0 Å². The standard InChI is InChI=1S/C34H20ClN/c35-31-14-7-15-33-26(31)18-19-32(36-33)21-16-17-25-24-10-3-6-13-29(24)34(30(25)20-21)27-11-4-1-8-22(27)23-9-2-5-12-28(23)34/h1-20H. The maximum Gasteiger partial charge on any atom is 0.0725 e. The second-order valence-electron chi connectivity index (χ2n) is 9.65. The van der Waals surface area contributed by atoms with Crippen molar-refractivity contribution in [2.24, 2.45) is 0 Å². The monoisotopic (exact) mass is 477 g/mol. The van der Waals surface area contributed by atoms with Crippen LogP contribution in [0.3, 0.4) is 0 Å². The van der Waals surface area contributed by atoms with E-state index in [0.29, 0.717) is 0 Å². The van der Waals surface area contributed by atoms with E-state index in [0.717, 1.165) is 27.2 Å². The lowest BCUT2D eigenvalue weighted by Crippen LogP contribution is -2.25. The molecule has 168 valence electrons. The van der Waals surface area contributed by atoms with E-state index in [9.17, 15) is 0 Å². The van der Waals surface area contributed by atoms with Crippen molar-refractivity contribution in [1.82, 2.24) is 4.98 Å². The van der Waals surface area contributed by atoms with Gasteiger partial charge in [0.15, 0.2) is 0 Å². The molecule has 8 rings (SSSR count). The molecule has 5 aromatic carbocycles. The molecule has 0 saturated heterocycles. The second-order valence-corrected chi connectivity index (χ2v) is 10.1. The van der Waals surface area contributed by atoms with Crippen molar-refractivity contribution in [3.63, 3.8) is 0 Å². The molecular formula is C34H20ClN. The fourth-order valence-corrected chi connectivity index (χ4v) is 6.76. The number of rotatable bonds is 1. The maximum atomic E-state index is 6.42. The van der Waals surface area contributed by atoms with Gasteiger partial charge >= 0.3 is 0 Å². The first-order valence-electron chi connectivity index (χ1n) is 12.3. The molecule has 1 aromatic heterocycles. The fraction of sp³-hybridized carbons (Fsp3) is 0.0294. The highest BCUT2D eigenvalue weighted by Crippen LogP contribution is 2.62. The van der Waals surface area contributed by atoms with Gasteiger partial charge in [-0.3, -0.25) is 0 Å². The van der Waals surface area contributed by atoms with E-state index in [2.05, 4.69) is 103 Å². The molecule has 2 heteroatoms. The number of pyridine rings is 1. The summed E-state index contributed by atoms with van der Waals surface area (Å²) in [5.74, 6) is 0. The van der Waals surface area contributed by atoms with E-state index < -0.39 is 0 Å². The molecule has 1 spiro atoms. The van der Waals surface area contributed by atoms with Gasteiger partial charge in [-0.15, -0.1) is 0 Å². The summed E-state index contributed by atoms with van der Waals surface area (Å²) in [6.45, 7) is 0. The molecule has 0 amide bonds. The molecule has 0 fully saturated rings. The van der Waals surface area contributed by atoms with Crippen LogP contribution in [0.5, 0.6) is 0 Å².